The minimum atomic E-state index is 0.105. The molecule has 0 fully saturated rings. The van der Waals surface area contributed by atoms with Crippen LogP contribution >= 0.6 is 34.7 Å². The standard InChI is InChI=1S/C15H12ClNOS2/c1-17-8-13(19-2)14(18)15-11(17)7-12(20-15)9-5-3-4-6-10(9)16/h3-8H,1-2H3. The highest BCUT2D eigenvalue weighted by molar-refractivity contribution is 7.98. The van der Waals surface area contributed by atoms with Crippen molar-refractivity contribution >= 4 is 44.9 Å². The van der Waals surface area contributed by atoms with Gasteiger partial charge in [0.25, 0.3) is 0 Å². The van der Waals surface area contributed by atoms with Gasteiger partial charge in [-0.3, -0.25) is 4.79 Å². The van der Waals surface area contributed by atoms with Crippen LogP contribution in [0.3, 0.4) is 0 Å². The molecule has 0 saturated heterocycles. The molecular formula is C15H12ClNOS2. The van der Waals surface area contributed by atoms with Crippen molar-refractivity contribution in [3.05, 3.63) is 51.8 Å². The number of thiophene rings is 1. The Morgan fingerprint density at radius 3 is 2.75 bits per heavy atom. The molecule has 0 spiro atoms. The van der Waals surface area contributed by atoms with Crippen molar-refractivity contribution in [2.45, 2.75) is 4.90 Å². The van der Waals surface area contributed by atoms with Crippen LogP contribution in [0.15, 0.2) is 46.2 Å². The molecule has 0 radical (unpaired) electrons. The molecule has 0 amide bonds. The molecule has 0 N–H and O–H groups in total. The first kappa shape index (κ1) is 13.7. The summed E-state index contributed by atoms with van der Waals surface area (Å²) in [6.45, 7) is 0. The number of pyridine rings is 1. The monoisotopic (exact) mass is 321 g/mol. The molecular weight excluding hydrogens is 310 g/mol. The smallest absolute Gasteiger partial charge is 0.212 e. The van der Waals surface area contributed by atoms with Gasteiger partial charge < -0.3 is 4.57 Å². The quantitative estimate of drug-likeness (QED) is 0.641. The number of rotatable bonds is 2. The number of benzene rings is 1. The number of hydrogen-bond donors (Lipinski definition) is 0. The van der Waals surface area contributed by atoms with Crippen molar-refractivity contribution in [1.82, 2.24) is 4.57 Å². The summed E-state index contributed by atoms with van der Waals surface area (Å²) < 4.78 is 2.79. The Morgan fingerprint density at radius 1 is 1.30 bits per heavy atom. The number of aromatic nitrogens is 1. The fourth-order valence-electron chi connectivity index (χ4n) is 2.16. The van der Waals surface area contributed by atoms with Crippen LogP contribution in [0, 0.1) is 0 Å². The van der Waals surface area contributed by atoms with E-state index in [1.807, 2.05) is 54.4 Å². The van der Waals surface area contributed by atoms with Crippen LogP contribution in [-0.4, -0.2) is 10.8 Å². The molecule has 0 aliphatic heterocycles. The third-order valence-corrected chi connectivity index (χ3v) is 5.41. The SMILES string of the molecule is CSc1cn(C)c2cc(-c3ccccc3Cl)sc2c1=O. The third-order valence-electron chi connectivity index (χ3n) is 3.19. The second-order valence-corrected chi connectivity index (χ2v) is 6.75. The molecule has 2 aromatic heterocycles. The van der Waals surface area contributed by atoms with Gasteiger partial charge in [-0.1, -0.05) is 29.8 Å². The highest BCUT2D eigenvalue weighted by Crippen LogP contribution is 2.36. The van der Waals surface area contributed by atoms with Crippen LogP contribution in [0.2, 0.25) is 5.02 Å². The van der Waals surface area contributed by atoms with Crippen molar-refractivity contribution in [3.63, 3.8) is 0 Å². The summed E-state index contributed by atoms with van der Waals surface area (Å²) in [4.78, 5) is 14.2. The van der Waals surface area contributed by atoms with Gasteiger partial charge >= 0.3 is 0 Å². The Bertz CT molecular complexity index is 851. The first-order chi connectivity index (χ1) is 9.61. The zero-order valence-corrected chi connectivity index (χ0v) is 13.4. The fourth-order valence-corrected chi connectivity index (χ4v) is 4.26. The Kier molecular flexibility index (Phi) is 3.63. The Balaban J connectivity index is 2.32. The zero-order valence-electron chi connectivity index (χ0n) is 11.0. The largest absolute Gasteiger partial charge is 0.348 e. The molecule has 0 aliphatic rings. The molecule has 20 heavy (non-hydrogen) atoms. The van der Waals surface area contributed by atoms with Gasteiger partial charge in [0, 0.05) is 28.7 Å². The van der Waals surface area contributed by atoms with Crippen molar-refractivity contribution in [1.29, 1.82) is 0 Å². The summed E-state index contributed by atoms with van der Waals surface area (Å²) in [6, 6.07) is 9.74. The number of fused-ring (bicyclic) bond motifs is 1. The highest BCUT2D eigenvalue weighted by atomic mass is 35.5. The average molecular weight is 322 g/mol. The molecule has 5 heteroatoms. The Hall–Kier alpha value is -1.23. The van der Waals surface area contributed by atoms with Crippen LogP contribution in [-0.2, 0) is 7.05 Å². The predicted octanol–water partition coefficient (Wildman–Crippen LogP) is 4.64. The van der Waals surface area contributed by atoms with E-state index < -0.39 is 0 Å². The van der Waals surface area contributed by atoms with Crippen molar-refractivity contribution in [2.24, 2.45) is 7.05 Å². The fraction of sp³-hybridized carbons (Fsp3) is 0.133. The summed E-state index contributed by atoms with van der Waals surface area (Å²) in [6.07, 6.45) is 3.81. The molecule has 0 aliphatic carbocycles. The summed E-state index contributed by atoms with van der Waals surface area (Å²) in [5.41, 5.74) is 2.03. The van der Waals surface area contributed by atoms with Gasteiger partial charge in [-0.05, 0) is 18.4 Å². The maximum atomic E-state index is 12.4. The average Bonchev–Trinajstić information content (AvgIpc) is 2.89. The van der Waals surface area contributed by atoms with E-state index >= 15 is 0 Å². The summed E-state index contributed by atoms with van der Waals surface area (Å²) in [5, 5.41) is 0.708. The second kappa shape index (κ2) is 5.28. The maximum absolute atomic E-state index is 12.4. The Morgan fingerprint density at radius 2 is 2.05 bits per heavy atom. The van der Waals surface area contributed by atoms with Gasteiger partial charge in [-0.2, -0.15) is 0 Å². The number of halogens is 1. The molecule has 3 aromatic rings. The van der Waals surface area contributed by atoms with Crippen LogP contribution in [0.25, 0.3) is 20.7 Å². The molecule has 3 rings (SSSR count). The lowest BCUT2D eigenvalue weighted by molar-refractivity contribution is 0.927. The molecule has 102 valence electrons. The Labute approximate surface area is 130 Å². The number of hydrogen-bond acceptors (Lipinski definition) is 3. The molecule has 2 heterocycles. The van der Waals surface area contributed by atoms with Crippen LogP contribution in [0.5, 0.6) is 0 Å². The van der Waals surface area contributed by atoms with Gasteiger partial charge in [0.1, 0.15) is 0 Å². The zero-order chi connectivity index (χ0) is 14.3. The maximum Gasteiger partial charge on any atom is 0.212 e. The molecule has 0 unspecified atom stereocenters. The van der Waals surface area contributed by atoms with E-state index in [1.54, 1.807) is 0 Å². The van der Waals surface area contributed by atoms with Crippen LogP contribution in [0.1, 0.15) is 0 Å². The van der Waals surface area contributed by atoms with E-state index in [0.29, 0.717) is 5.02 Å². The number of thioether (sulfide) groups is 1. The molecule has 0 bridgehead atoms. The van der Waals surface area contributed by atoms with Crippen LogP contribution < -0.4 is 5.43 Å². The molecule has 0 saturated carbocycles. The molecule has 0 atom stereocenters. The number of nitrogens with zero attached hydrogens (tertiary/aromatic N) is 1. The summed E-state index contributed by atoms with van der Waals surface area (Å²) >= 11 is 9.23. The normalized spacial score (nSPS) is 11.2. The van der Waals surface area contributed by atoms with Crippen molar-refractivity contribution in [3.8, 4) is 10.4 Å². The van der Waals surface area contributed by atoms with E-state index in [0.717, 1.165) is 25.6 Å². The van der Waals surface area contributed by atoms with Gasteiger partial charge in [0.15, 0.2) is 0 Å². The van der Waals surface area contributed by atoms with Crippen molar-refractivity contribution in [2.75, 3.05) is 6.26 Å². The third kappa shape index (κ3) is 2.18. The minimum absolute atomic E-state index is 0.105. The van der Waals surface area contributed by atoms with E-state index in [2.05, 4.69) is 0 Å². The summed E-state index contributed by atoms with van der Waals surface area (Å²) in [5.74, 6) is 0. The topological polar surface area (TPSA) is 22.0 Å². The van der Waals surface area contributed by atoms with E-state index in [4.69, 9.17) is 11.6 Å². The minimum Gasteiger partial charge on any atom is -0.348 e. The lowest BCUT2D eigenvalue weighted by Gasteiger charge is -2.02. The van der Waals surface area contributed by atoms with E-state index in [1.165, 1.54) is 23.1 Å². The van der Waals surface area contributed by atoms with Gasteiger partial charge in [0.2, 0.25) is 5.43 Å². The first-order valence-electron chi connectivity index (χ1n) is 6.04. The molecule has 2 nitrogen and oxygen atoms in total. The van der Waals surface area contributed by atoms with E-state index in [9.17, 15) is 4.79 Å². The summed E-state index contributed by atoms with van der Waals surface area (Å²) in [7, 11) is 1.96. The van der Waals surface area contributed by atoms with Gasteiger partial charge in [-0.25, -0.2) is 0 Å². The highest BCUT2D eigenvalue weighted by Gasteiger charge is 2.13. The number of aryl methyl sites for hydroxylation is 1. The first-order valence-corrected chi connectivity index (χ1v) is 8.46. The van der Waals surface area contributed by atoms with E-state index in [-0.39, 0.29) is 5.43 Å². The van der Waals surface area contributed by atoms with Gasteiger partial charge in [0.05, 0.1) is 15.1 Å². The lowest BCUT2D eigenvalue weighted by atomic mass is 10.2. The second-order valence-electron chi connectivity index (χ2n) is 4.44. The van der Waals surface area contributed by atoms with Crippen LogP contribution in [0.4, 0.5) is 0 Å². The van der Waals surface area contributed by atoms with Gasteiger partial charge in [-0.15, -0.1) is 23.1 Å². The molecule has 1 aromatic carbocycles. The predicted molar refractivity (Wildman–Crippen MR) is 89.3 cm³/mol. The van der Waals surface area contributed by atoms with Crippen molar-refractivity contribution < 1.29 is 0 Å². The lowest BCUT2D eigenvalue weighted by Crippen LogP contribution is -2.06.